The van der Waals surface area contributed by atoms with Crippen molar-refractivity contribution in [1.29, 1.82) is 0 Å². The Morgan fingerprint density at radius 3 is 2.72 bits per heavy atom. The Morgan fingerprint density at radius 1 is 1.31 bits per heavy atom. The number of imide groups is 1. The van der Waals surface area contributed by atoms with Gasteiger partial charge in [-0.2, -0.15) is 0 Å². The minimum Gasteiger partial charge on any atom is -0.493 e. The molecule has 2 saturated heterocycles. The van der Waals surface area contributed by atoms with Crippen molar-refractivity contribution in [3.63, 3.8) is 0 Å². The highest BCUT2D eigenvalue weighted by molar-refractivity contribution is 9.10. The molecule has 0 unspecified atom stereocenters. The second-order valence-electron chi connectivity index (χ2n) is 7.36. The second kappa shape index (κ2) is 9.80. The van der Waals surface area contributed by atoms with Crippen LogP contribution in [0, 0.1) is 5.92 Å². The van der Waals surface area contributed by atoms with E-state index in [9.17, 15) is 14.4 Å². The number of nitrogens with zero attached hydrogens (tertiary/aromatic N) is 2. The molecule has 3 amide bonds. The number of hydrogen-bond acceptors (Lipinski definition) is 5. The minimum atomic E-state index is -0.430. The number of carbonyl (C=O) groups excluding carboxylic acids is 3. The molecule has 6 nitrogen and oxygen atoms in total. The zero-order valence-corrected chi connectivity index (χ0v) is 19.1. The third-order valence-electron chi connectivity index (χ3n) is 5.02. The van der Waals surface area contributed by atoms with Crippen LogP contribution in [0.3, 0.4) is 0 Å². The van der Waals surface area contributed by atoms with Crippen molar-refractivity contribution < 1.29 is 19.1 Å². The summed E-state index contributed by atoms with van der Waals surface area (Å²) in [6.07, 6.45) is 4.44. The van der Waals surface area contributed by atoms with Crippen LogP contribution in [0.25, 0.3) is 6.08 Å². The second-order valence-corrected chi connectivity index (χ2v) is 9.27. The summed E-state index contributed by atoms with van der Waals surface area (Å²) in [7, 11) is 0. The molecule has 0 aliphatic carbocycles. The van der Waals surface area contributed by atoms with E-state index in [4.69, 9.17) is 4.74 Å². The van der Waals surface area contributed by atoms with Gasteiger partial charge in [-0.1, -0.05) is 29.8 Å². The maximum Gasteiger partial charge on any atom is 0.294 e. The molecule has 0 bridgehead atoms. The summed E-state index contributed by atoms with van der Waals surface area (Å²) in [5, 5.41) is -0.411. The quantitative estimate of drug-likeness (QED) is 0.559. The van der Waals surface area contributed by atoms with Gasteiger partial charge in [0.2, 0.25) is 5.91 Å². The lowest BCUT2D eigenvalue weighted by atomic mass is 9.99. The van der Waals surface area contributed by atoms with Crippen LogP contribution in [0.2, 0.25) is 0 Å². The topological polar surface area (TPSA) is 66.9 Å². The van der Waals surface area contributed by atoms with Crippen LogP contribution in [-0.2, 0) is 9.59 Å². The molecule has 2 fully saturated rings. The highest BCUT2D eigenvalue weighted by Crippen LogP contribution is 2.35. The molecule has 0 aromatic heterocycles. The van der Waals surface area contributed by atoms with E-state index in [-0.39, 0.29) is 12.5 Å². The van der Waals surface area contributed by atoms with Crippen LogP contribution in [0.15, 0.2) is 27.6 Å². The minimum absolute atomic E-state index is 0.171. The van der Waals surface area contributed by atoms with E-state index in [1.54, 1.807) is 11.0 Å². The van der Waals surface area contributed by atoms with E-state index >= 15 is 0 Å². The molecule has 2 aliphatic heterocycles. The molecule has 1 aromatic rings. The van der Waals surface area contributed by atoms with Gasteiger partial charge in [0.1, 0.15) is 12.3 Å². The number of hydrogen-bond donors (Lipinski definition) is 0. The van der Waals surface area contributed by atoms with Crippen LogP contribution in [0.1, 0.15) is 38.7 Å². The summed E-state index contributed by atoms with van der Waals surface area (Å²) in [5.74, 6) is 0.656. The van der Waals surface area contributed by atoms with Gasteiger partial charge in [0.15, 0.2) is 0 Å². The Morgan fingerprint density at radius 2 is 2.03 bits per heavy atom. The van der Waals surface area contributed by atoms with Crippen LogP contribution >= 0.6 is 27.7 Å². The number of rotatable bonds is 6. The van der Waals surface area contributed by atoms with E-state index in [1.165, 1.54) is 0 Å². The highest BCUT2D eigenvalue weighted by atomic mass is 79.9. The molecular weight excluding hydrogens is 456 g/mol. The van der Waals surface area contributed by atoms with E-state index in [2.05, 4.69) is 22.9 Å². The first kappa shape index (κ1) is 21.9. The lowest BCUT2D eigenvalue weighted by Crippen LogP contribution is -2.45. The smallest absolute Gasteiger partial charge is 0.294 e. The molecule has 0 radical (unpaired) electrons. The number of likely N-dealkylation sites (tertiary alicyclic amines) is 1. The normalized spacial score (nSPS) is 19.3. The number of halogens is 1. The molecule has 2 heterocycles. The maximum atomic E-state index is 12.8. The van der Waals surface area contributed by atoms with Gasteiger partial charge < -0.3 is 9.64 Å². The molecule has 3 rings (SSSR count). The largest absolute Gasteiger partial charge is 0.493 e. The Labute approximate surface area is 183 Å². The molecule has 8 heteroatoms. The van der Waals surface area contributed by atoms with Gasteiger partial charge in [-0.25, -0.2) is 0 Å². The van der Waals surface area contributed by atoms with Gasteiger partial charge in [-0.3, -0.25) is 19.3 Å². The van der Waals surface area contributed by atoms with Gasteiger partial charge in [0.05, 0.1) is 11.5 Å². The summed E-state index contributed by atoms with van der Waals surface area (Å²) >= 11 is 4.29. The summed E-state index contributed by atoms with van der Waals surface area (Å²) in [5.41, 5.74) is 0.717. The lowest BCUT2D eigenvalue weighted by Gasteiger charge is -2.31. The van der Waals surface area contributed by atoms with Gasteiger partial charge in [0.25, 0.3) is 11.1 Å². The van der Waals surface area contributed by atoms with E-state index in [1.807, 2.05) is 25.1 Å². The molecule has 0 saturated carbocycles. The number of carbonyl (C=O) groups is 3. The van der Waals surface area contributed by atoms with Crippen molar-refractivity contribution in [1.82, 2.24) is 9.80 Å². The average Bonchev–Trinajstić information content (AvgIpc) is 2.95. The zero-order valence-electron chi connectivity index (χ0n) is 16.7. The van der Waals surface area contributed by atoms with E-state index in [0.717, 1.165) is 46.0 Å². The Bertz CT molecular complexity index is 834. The number of benzene rings is 1. The molecule has 29 heavy (non-hydrogen) atoms. The van der Waals surface area contributed by atoms with E-state index < -0.39 is 11.1 Å². The SMILES string of the molecule is CCCOc1ccc(Br)cc1/C=C1/SC(=O)N(CC(=O)N2CCC(C)CC2)C1=O. The number of piperidine rings is 1. The van der Waals surface area contributed by atoms with Gasteiger partial charge in [-0.05, 0) is 61.2 Å². The predicted molar refractivity (Wildman–Crippen MR) is 118 cm³/mol. The Kier molecular flexibility index (Phi) is 7.40. The van der Waals surface area contributed by atoms with Crippen LogP contribution in [0.5, 0.6) is 5.75 Å². The first-order valence-corrected chi connectivity index (χ1v) is 11.5. The fraction of sp³-hybridized carbons (Fsp3) is 0.476. The van der Waals surface area contributed by atoms with Crippen LogP contribution in [-0.4, -0.2) is 53.1 Å². The third kappa shape index (κ3) is 5.42. The van der Waals surface area contributed by atoms with Crippen molar-refractivity contribution in [3.05, 3.63) is 33.1 Å². The summed E-state index contributed by atoms with van der Waals surface area (Å²) in [6, 6.07) is 5.54. The van der Waals surface area contributed by atoms with Crippen molar-refractivity contribution in [3.8, 4) is 5.75 Å². The van der Waals surface area contributed by atoms with E-state index in [0.29, 0.717) is 36.3 Å². The molecule has 0 spiro atoms. The molecule has 1 aromatic carbocycles. The monoisotopic (exact) mass is 480 g/mol. The molecule has 0 N–H and O–H groups in total. The summed E-state index contributed by atoms with van der Waals surface area (Å²) < 4.78 is 6.60. The fourth-order valence-corrected chi connectivity index (χ4v) is 4.45. The number of ether oxygens (including phenoxy) is 1. The molecule has 0 atom stereocenters. The highest BCUT2D eigenvalue weighted by Gasteiger charge is 2.37. The zero-order chi connectivity index (χ0) is 21.0. The van der Waals surface area contributed by atoms with Gasteiger partial charge in [-0.15, -0.1) is 0 Å². The number of amides is 3. The Balaban J connectivity index is 1.73. The summed E-state index contributed by atoms with van der Waals surface area (Å²) in [4.78, 5) is 40.8. The fourth-order valence-electron chi connectivity index (χ4n) is 3.25. The van der Waals surface area contributed by atoms with Crippen molar-refractivity contribution >= 4 is 50.8 Å². The maximum absolute atomic E-state index is 12.8. The molecule has 2 aliphatic rings. The average molecular weight is 481 g/mol. The van der Waals surface area contributed by atoms with Gasteiger partial charge >= 0.3 is 0 Å². The third-order valence-corrected chi connectivity index (χ3v) is 6.42. The summed E-state index contributed by atoms with van der Waals surface area (Å²) in [6.45, 7) is 5.92. The van der Waals surface area contributed by atoms with Crippen LogP contribution < -0.4 is 4.74 Å². The van der Waals surface area contributed by atoms with Gasteiger partial charge in [0, 0.05) is 23.1 Å². The van der Waals surface area contributed by atoms with Crippen molar-refractivity contribution in [2.45, 2.75) is 33.1 Å². The number of thioether (sulfide) groups is 1. The molecular formula is C21H25BrN2O4S. The first-order chi connectivity index (χ1) is 13.9. The van der Waals surface area contributed by atoms with Crippen molar-refractivity contribution in [2.24, 2.45) is 5.92 Å². The first-order valence-electron chi connectivity index (χ1n) is 9.84. The standard InChI is InChI=1S/C21H25BrN2O4S/c1-3-10-28-17-5-4-16(22)11-15(17)12-18-20(26)24(21(27)29-18)13-19(25)23-8-6-14(2)7-9-23/h4-5,11-12,14H,3,6-10,13H2,1-2H3/b18-12+. The lowest BCUT2D eigenvalue weighted by molar-refractivity contribution is -0.136. The van der Waals surface area contributed by atoms with Crippen LogP contribution in [0.4, 0.5) is 4.79 Å². The molecule has 156 valence electrons. The predicted octanol–water partition coefficient (Wildman–Crippen LogP) is 4.53. The van der Waals surface area contributed by atoms with Crippen molar-refractivity contribution in [2.75, 3.05) is 26.2 Å². The Hall–Kier alpha value is -1.80.